The molecule has 1 fully saturated rings. The number of imidazole rings is 1. The van der Waals surface area contributed by atoms with Crippen molar-refractivity contribution in [1.29, 1.82) is 0 Å². The van der Waals surface area contributed by atoms with E-state index >= 15 is 0 Å². The maximum absolute atomic E-state index is 12.6. The lowest BCUT2D eigenvalue weighted by Gasteiger charge is -2.17. The molecule has 0 radical (unpaired) electrons. The summed E-state index contributed by atoms with van der Waals surface area (Å²) in [4.78, 5) is 19.4. The number of benzene rings is 1. The van der Waals surface area contributed by atoms with Crippen molar-refractivity contribution in [2.24, 2.45) is 0 Å². The molecule has 0 spiro atoms. The van der Waals surface area contributed by atoms with Crippen molar-refractivity contribution >= 4 is 22.9 Å². The lowest BCUT2D eigenvalue weighted by molar-refractivity contribution is 0.102. The molecule has 5 nitrogen and oxygen atoms in total. The van der Waals surface area contributed by atoms with Crippen LogP contribution in [0.2, 0.25) is 0 Å². The molecule has 0 aliphatic carbocycles. The molecule has 5 heteroatoms. The van der Waals surface area contributed by atoms with Crippen LogP contribution in [0.25, 0.3) is 5.65 Å². The zero-order valence-electron chi connectivity index (χ0n) is 13.7. The molecule has 2 aromatic heterocycles. The molecule has 1 aliphatic heterocycles. The first-order chi connectivity index (χ1) is 11.7. The van der Waals surface area contributed by atoms with Crippen molar-refractivity contribution in [2.45, 2.75) is 19.8 Å². The van der Waals surface area contributed by atoms with Crippen molar-refractivity contribution in [3.63, 3.8) is 0 Å². The summed E-state index contributed by atoms with van der Waals surface area (Å²) in [5, 5.41) is 2.97. The van der Waals surface area contributed by atoms with Crippen LogP contribution in [-0.4, -0.2) is 28.4 Å². The van der Waals surface area contributed by atoms with Crippen LogP contribution in [0.1, 0.15) is 28.9 Å². The Bertz CT molecular complexity index is 876. The van der Waals surface area contributed by atoms with Gasteiger partial charge in [-0.1, -0.05) is 0 Å². The summed E-state index contributed by atoms with van der Waals surface area (Å²) in [6, 6.07) is 11.7. The molecule has 3 aromatic rings. The number of hydrogen-bond acceptors (Lipinski definition) is 3. The number of carbonyl (C=O) groups excluding carboxylic acids is 1. The zero-order valence-corrected chi connectivity index (χ0v) is 13.7. The summed E-state index contributed by atoms with van der Waals surface area (Å²) < 4.78 is 1.88. The largest absolute Gasteiger partial charge is 0.372 e. The van der Waals surface area contributed by atoms with E-state index in [0.29, 0.717) is 11.2 Å². The standard InChI is InChI=1S/C19H20N4O/c1-14-13-23-12-4-5-17(18(23)20-14)19(24)21-15-6-8-16(9-7-15)22-10-2-3-11-22/h4-9,12-13H,2-3,10-11H2,1H3,(H,21,24). The molecular weight excluding hydrogens is 300 g/mol. The minimum atomic E-state index is -0.139. The molecule has 1 saturated heterocycles. The maximum Gasteiger partial charge on any atom is 0.259 e. The molecular formula is C19H20N4O. The average Bonchev–Trinajstić information content (AvgIpc) is 3.23. The SMILES string of the molecule is Cc1cn2cccc(C(=O)Nc3ccc(N4CCCC4)cc3)c2n1. The van der Waals surface area contributed by atoms with Crippen molar-refractivity contribution in [3.05, 3.63) is 60.0 Å². The zero-order chi connectivity index (χ0) is 16.5. The van der Waals surface area contributed by atoms with Gasteiger partial charge in [-0.2, -0.15) is 0 Å². The number of carbonyl (C=O) groups is 1. The van der Waals surface area contributed by atoms with E-state index in [2.05, 4.69) is 27.3 Å². The number of aromatic nitrogens is 2. The fourth-order valence-corrected chi connectivity index (χ4v) is 3.24. The Labute approximate surface area is 140 Å². The highest BCUT2D eigenvalue weighted by Gasteiger charge is 2.14. The van der Waals surface area contributed by atoms with Gasteiger partial charge < -0.3 is 14.6 Å². The number of pyridine rings is 1. The molecule has 0 atom stereocenters. The van der Waals surface area contributed by atoms with Crippen LogP contribution < -0.4 is 10.2 Å². The summed E-state index contributed by atoms with van der Waals surface area (Å²) in [5.41, 5.74) is 4.17. The van der Waals surface area contributed by atoms with E-state index in [0.717, 1.165) is 24.5 Å². The third kappa shape index (κ3) is 2.73. The van der Waals surface area contributed by atoms with E-state index in [1.807, 2.05) is 41.9 Å². The molecule has 4 rings (SSSR count). The van der Waals surface area contributed by atoms with E-state index in [9.17, 15) is 4.79 Å². The Morgan fingerprint density at radius 1 is 1.12 bits per heavy atom. The quantitative estimate of drug-likeness (QED) is 0.803. The summed E-state index contributed by atoms with van der Waals surface area (Å²) in [7, 11) is 0. The average molecular weight is 320 g/mol. The van der Waals surface area contributed by atoms with Crippen molar-refractivity contribution < 1.29 is 4.79 Å². The minimum Gasteiger partial charge on any atom is -0.372 e. The molecule has 3 heterocycles. The highest BCUT2D eigenvalue weighted by atomic mass is 16.1. The predicted molar refractivity (Wildman–Crippen MR) is 95.8 cm³/mol. The van der Waals surface area contributed by atoms with Crippen LogP contribution in [0, 0.1) is 6.92 Å². The first-order valence-electron chi connectivity index (χ1n) is 8.31. The molecule has 1 aliphatic rings. The molecule has 0 saturated carbocycles. The van der Waals surface area contributed by atoms with Gasteiger partial charge in [0.1, 0.15) is 5.65 Å². The van der Waals surface area contributed by atoms with Crippen molar-refractivity contribution in [3.8, 4) is 0 Å². The number of hydrogen-bond donors (Lipinski definition) is 1. The Morgan fingerprint density at radius 2 is 1.88 bits per heavy atom. The Balaban J connectivity index is 1.54. The van der Waals surface area contributed by atoms with Gasteiger partial charge in [0.25, 0.3) is 5.91 Å². The smallest absolute Gasteiger partial charge is 0.259 e. The second kappa shape index (κ2) is 6.00. The van der Waals surface area contributed by atoms with E-state index < -0.39 is 0 Å². The number of nitrogens with one attached hydrogen (secondary N) is 1. The van der Waals surface area contributed by atoms with E-state index in [1.54, 1.807) is 6.07 Å². The first-order valence-corrected chi connectivity index (χ1v) is 8.31. The van der Waals surface area contributed by atoms with E-state index in [-0.39, 0.29) is 5.91 Å². The summed E-state index contributed by atoms with van der Waals surface area (Å²) in [5.74, 6) is -0.139. The van der Waals surface area contributed by atoms with E-state index in [1.165, 1.54) is 18.5 Å². The maximum atomic E-state index is 12.6. The summed E-state index contributed by atoms with van der Waals surface area (Å²) >= 11 is 0. The Kier molecular flexibility index (Phi) is 3.69. The lowest BCUT2D eigenvalue weighted by atomic mass is 10.2. The normalized spacial score (nSPS) is 14.3. The molecule has 0 unspecified atom stereocenters. The van der Waals surface area contributed by atoms with Crippen LogP contribution in [0.3, 0.4) is 0 Å². The van der Waals surface area contributed by atoms with Gasteiger partial charge in [-0.25, -0.2) is 4.98 Å². The van der Waals surface area contributed by atoms with Gasteiger partial charge >= 0.3 is 0 Å². The molecule has 0 bridgehead atoms. The number of nitrogens with zero attached hydrogens (tertiary/aromatic N) is 3. The van der Waals surface area contributed by atoms with Gasteiger partial charge in [0.15, 0.2) is 0 Å². The lowest BCUT2D eigenvalue weighted by Crippen LogP contribution is -2.17. The number of rotatable bonds is 3. The van der Waals surface area contributed by atoms with Gasteiger partial charge in [0.05, 0.1) is 11.3 Å². The number of aryl methyl sites for hydroxylation is 1. The van der Waals surface area contributed by atoms with Gasteiger partial charge in [-0.3, -0.25) is 4.79 Å². The fourth-order valence-electron chi connectivity index (χ4n) is 3.24. The molecule has 1 aromatic carbocycles. The van der Waals surface area contributed by atoms with Crippen LogP contribution in [0.4, 0.5) is 11.4 Å². The monoisotopic (exact) mass is 320 g/mol. The molecule has 1 amide bonds. The van der Waals surface area contributed by atoms with Crippen molar-refractivity contribution in [2.75, 3.05) is 23.3 Å². The Morgan fingerprint density at radius 3 is 2.62 bits per heavy atom. The summed E-state index contributed by atoms with van der Waals surface area (Å²) in [6.45, 7) is 4.16. The highest BCUT2D eigenvalue weighted by molar-refractivity contribution is 6.08. The second-order valence-electron chi connectivity index (χ2n) is 6.23. The molecule has 122 valence electrons. The topological polar surface area (TPSA) is 49.6 Å². The third-order valence-corrected chi connectivity index (χ3v) is 4.44. The molecule has 24 heavy (non-hydrogen) atoms. The van der Waals surface area contributed by atoms with Gasteiger partial charge in [0.2, 0.25) is 0 Å². The van der Waals surface area contributed by atoms with Crippen molar-refractivity contribution in [1.82, 2.24) is 9.38 Å². The van der Waals surface area contributed by atoms with Crippen LogP contribution in [0.15, 0.2) is 48.8 Å². The number of amides is 1. The van der Waals surface area contributed by atoms with Crippen LogP contribution in [0.5, 0.6) is 0 Å². The first kappa shape index (κ1) is 14.8. The highest BCUT2D eigenvalue weighted by Crippen LogP contribution is 2.22. The predicted octanol–water partition coefficient (Wildman–Crippen LogP) is 3.50. The van der Waals surface area contributed by atoms with Gasteiger partial charge in [0, 0.05) is 36.9 Å². The second-order valence-corrected chi connectivity index (χ2v) is 6.23. The minimum absolute atomic E-state index is 0.139. The van der Waals surface area contributed by atoms with E-state index in [4.69, 9.17) is 0 Å². The molecule has 1 N–H and O–H groups in total. The van der Waals surface area contributed by atoms with Crippen LogP contribution >= 0.6 is 0 Å². The Hall–Kier alpha value is -2.82. The summed E-state index contributed by atoms with van der Waals surface area (Å²) in [6.07, 6.45) is 6.33. The van der Waals surface area contributed by atoms with Gasteiger partial charge in [-0.05, 0) is 56.2 Å². The van der Waals surface area contributed by atoms with Crippen LogP contribution in [-0.2, 0) is 0 Å². The number of anilines is 2. The third-order valence-electron chi connectivity index (χ3n) is 4.44. The van der Waals surface area contributed by atoms with Gasteiger partial charge in [-0.15, -0.1) is 0 Å². The number of fused-ring (bicyclic) bond motifs is 1. The fraction of sp³-hybridized carbons (Fsp3) is 0.263.